The van der Waals surface area contributed by atoms with Gasteiger partial charge in [-0.3, -0.25) is 4.90 Å². The van der Waals surface area contributed by atoms with E-state index in [-0.39, 0.29) is 12.1 Å². The summed E-state index contributed by atoms with van der Waals surface area (Å²) in [5, 5.41) is 0. The molecule has 21 heavy (non-hydrogen) atoms. The Kier molecular flexibility index (Phi) is 4.66. The lowest BCUT2D eigenvalue weighted by Crippen LogP contribution is -2.46. The van der Waals surface area contributed by atoms with Crippen LogP contribution in [0, 0.1) is 6.92 Å². The number of hydrogen-bond donors (Lipinski definition) is 0. The molecule has 2 rings (SSSR count). The maximum absolute atomic E-state index is 12.7. The number of halogens is 1. The zero-order valence-electron chi connectivity index (χ0n) is 13.5. The van der Waals surface area contributed by atoms with Crippen molar-refractivity contribution in [3.05, 3.63) is 27.7 Å². The Morgan fingerprint density at radius 3 is 2.67 bits per heavy atom. The van der Waals surface area contributed by atoms with E-state index >= 15 is 0 Å². The third-order valence-corrected chi connectivity index (χ3v) is 4.22. The van der Waals surface area contributed by atoms with Gasteiger partial charge in [-0.2, -0.15) is 0 Å². The summed E-state index contributed by atoms with van der Waals surface area (Å²) in [5.41, 5.74) is 2.89. The molecule has 0 bridgehead atoms. The number of benzene rings is 1. The summed E-state index contributed by atoms with van der Waals surface area (Å²) in [4.78, 5) is 14.5. The van der Waals surface area contributed by atoms with Crippen molar-refractivity contribution in [1.82, 2.24) is 0 Å². The molecule has 0 radical (unpaired) electrons. The molecule has 1 aromatic carbocycles. The van der Waals surface area contributed by atoms with Gasteiger partial charge in [0.15, 0.2) is 0 Å². The molecule has 1 unspecified atom stereocenters. The molecule has 0 fully saturated rings. The minimum atomic E-state index is -0.476. The second-order valence-corrected chi connectivity index (χ2v) is 7.60. The first-order valence-electron chi connectivity index (χ1n) is 7.54. The zero-order chi connectivity index (χ0) is 15.8. The molecule has 116 valence electrons. The second-order valence-electron chi connectivity index (χ2n) is 6.68. The van der Waals surface area contributed by atoms with Gasteiger partial charge in [0.2, 0.25) is 0 Å². The number of anilines is 1. The fourth-order valence-corrected chi connectivity index (χ4v) is 3.53. The van der Waals surface area contributed by atoms with E-state index < -0.39 is 5.60 Å². The quantitative estimate of drug-likeness (QED) is 0.692. The summed E-state index contributed by atoms with van der Waals surface area (Å²) in [5.74, 6) is 0. The molecule has 3 nitrogen and oxygen atoms in total. The Morgan fingerprint density at radius 1 is 1.43 bits per heavy atom. The average molecular weight is 354 g/mol. The molecule has 0 saturated carbocycles. The van der Waals surface area contributed by atoms with E-state index in [0.717, 1.165) is 35.0 Å². The van der Waals surface area contributed by atoms with Gasteiger partial charge in [0, 0.05) is 10.5 Å². The average Bonchev–Trinajstić information content (AvgIpc) is 2.35. The lowest BCUT2D eigenvalue weighted by atomic mass is 9.92. The topological polar surface area (TPSA) is 29.5 Å². The van der Waals surface area contributed by atoms with Crippen molar-refractivity contribution in [3.63, 3.8) is 0 Å². The number of ether oxygens (including phenoxy) is 1. The van der Waals surface area contributed by atoms with Crippen molar-refractivity contribution < 1.29 is 9.53 Å². The van der Waals surface area contributed by atoms with Crippen LogP contribution >= 0.6 is 15.9 Å². The minimum Gasteiger partial charge on any atom is -0.443 e. The minimum absolute atomic E-state index is 0.215. The molecule has 1 amide bonds. The second kappa shape index (κ2) is 5.99. The molecule has 1 aliphatic rings. The van der Waals surface area contributed by atoms with Crippen molar-refractivity contribution >= 4 is 27.7 Å². The predicted molar refractivity (Wildman–Crippen MR) is 90.0 cm³/mol. The number of rotatable bonds is 1. The fourth-order valence-electron chi connectivity index (χ4n) is 2.91. The van der Waals surface area contributed by atoms with Crippen LogP contribution in [0.1, 0.15) is 51.7 Å². The van der Waals surface area contributed by atoms with Crippen molar-refractivity contribution in [2.75, 3.05) is 4.90 Å². The van der Waals surface area contributed by atoms with Crippen LogP contribution in [0.25, 0.3) is 0 Å². The van der Waals surface area contributed by atoms with Crippen LogP contribution in [-0.4, -0.2) is 17.7 Å². The Morgan fingerprint density at radius 2 is 2.10 bits per heavy atom. The van der Waals surface area contributed by atoms with E-state index in [1.807, 2.05) is 25.7 Å². The zero-order valence-corrected chi connectivity index (χ0v) is 15.1. The first kappa shape index (κ1) is 16.3. The molecule has 0 spiro atoms. The third-order valence-electron chi connectivity index (χ3n) is 3.76. The molecule has 0 saturated heterocycles. The molecule has 1 heterocycles. The molecule has 4 heteroatoms. The van der Waals surface area contributed by atoms with E-state index in [1.165, 1.54) is 5.56 Å². The van der Waals surface area contributed by atoms with Gasteiger partial charge in [0.25, 0.3) is 0 Å². The highest BCUT2D eigenvalue weighted by atomic mass is 79.9. The van der Waals surface area contributed by atoms with Crippen molar-refractivity contribution in [2.24, 2.45) is 0 Å². The summed E-state index contributed by atoms with van der Waals surface area (Å²) in [6.45, 7) is 9.90. The molecular weight excluding hydrogens is 330 g/mol. The number of fused-ring (bicyclic) bond motifs is 1. The van der Waals surface area contributed by atoms with Gasteiger partial charge in [0.05, 0.1) is 5.69 Å². The summed E-state index contributed by atoms with van der Waals surface area (Å²) in [6, 6.07) is 4.40. The van der Waals surface area contributed by atoms with E-state index in [9.17, 15) is 4.79 Å². The van der Waals surface area contributed by atoms with Gasteiger partial charge in [-0.25, -0.2) is 4.79 Å². The fraction of sp³-hybridized carbons (Fsp3) is 0.588. The van der Waals surface area contributed by atoms with E-state index in [4.69, 9.17) is 4.74 Å². The number of amides is 1. The standard InChI is InChI=1S/C17H24BrNO2/c1-6-14-8-7-12-10-13(18)9-11(2)15(12)19(14)16(20)21-17(3,4)5/h9-10,14H,6-8H2,1-5H3. The lowest BCUT2D eigenvalue weighted by molar-refractivity contribution is 0.0559. The van der Waals surface area contributed by atoms with Crippen LogP contribution in [0.3, 0.4) is 0 Å². The van der Waals surface area contributed by atoms with Crippen LogP contribution in [0.2, 0.25) is 0 Å². The SMILES string of the molecule is CCC1CCc2cc(Br)cc(C)c2N1C(=O)OC(C)(C)C. The number of aryl methyl sites for hydroxylation is 2. The number of nitrogens with zero attached hydrogens (tertiary/aromatic N) is 1. The Labute approximate surface area is 135 Å². The summed E-state index contributed by atoms with van der Waals surface area (Å²) in [6.07, 6.45) is 2.70. The molecule has 0 aromatic heterocycles. The molecule has 1 aromatic rings. The van der Waals surface area contributed by atoms with Crippen molar-refractivity contribution in [1.29, 1.82) is 0 Å². The van der Waals surface area contributed by atoms with Gasteiger partial charge in [-0.15, -0.1) is 0 Å². The maximum Gasteiger partial charge on any atom is 0.415 e. The first-order valence-corrected chi connectivity index (χ1v) is 8.33. The number of carbonyl (C=O) groups excluding carboxylic acids is 1. The third kappa shape index (κ3) is 3.60. The van der Waals surface area contributed by atoms with Crippen LogP contribution in [-0.2, 0) is 11.2 Å². The molecule has 0 N–H and O–H groups in total. The number of hydrogen-bond acceptors (Lipinski definition) is 2. The Balaban J connectivity index is 2.45. The Hall–Kier alpha value is -1.03. The summed E-state index contributed by atoms with van der Waals surface area (Å²) < 4.78 is 6.69. The highest BCUT2D eigenvalue weighted by Crippen LogP contribution is 2.37. The predicted octanol–water partition coefficient (Wildman–Crippen LogP) is 5.22. The van der Waals surface area contributed by atoms with E-state index in [1.54, 1.807) is 0 Å². The smallest absolute Gasteiger partial charge is 0.415 e. The lowest BCUT2D eigenvalue weighted by Gasteiger charge is -2.38. The van der Waals surface area contributed by atoms with Gasteiger partial charge in [-0.1, -0.05) is 22.9 Å². The Bertz CT molecular complexity index is 548. The van der Waals surface area contributed by atoms with Gasteiger partial charge in [-0.05, 0) is 70.2 Å². The van der Waals surface area contributed by atoms with E-state index in [0.29, 0.717) is 0 Å². The largest absolute Gasteiger partial charge is 0.443 e. The monoisotopic (exact) mass is 353 g/mol. The first-order chi connectivity index (χ1) is 9.73. The summed E-state index contributed by atoms with van der Waals surface area (Å²) >= 11 is 3.54. The highest BCUT2D eigenvalue weighted by molar-refractivity contribution is 9.10. The molecular formula is C17H24BrNO2. The maximum atomic E-state index is 12.7. The normalized spacial score (nSPS) is 18.4. The summed E-state index contributed by atoms with van der Waals surface area (Å²) in [7, 11) is 0. The van der Waals surface area contributed by atoms with Gasteiger partial charge in [0.1, 0.15) is 5.60 Å². The molecule has 1 aliphatic heterocycles. The highest BCUT2D eigenvalue weighted by Gasteiger charge is 2.34. The van der Waals surface area contributed by atoms with E-state index in [2.05, 4.69) is 41.9 Å². The van der Waals surface area contributed by atoms with Crippen LogP contribution < -0.4 is 4.90 Å². The molecule has 0 aliphatic carbocycles. The van der Waals surface area contributed by atoms with Gasteiger partial charge < -0.3 is 4.74 Å². The van der Waals surface area contributed by atoms with Crippen LogP contribution in [0.5, 0.6) is 0 Å². The van der Waals surface area contributed by atoms with Crippen LogP contribution in [0.15, 0.2) is 16.6 Å². The van der Waals surface area contributed by atoms with Crippen molar-refractivity contribution in [3.8, 4) is 0 Å². The molecule has 1 atom stereocenters. The van der Waals surface area contributed by atoms with Gasteiger partial charge >= 0.3 is 6.09 Å². The van der Waals surface area contributed by atoms with Crippen molar-refractivity contribution in [2.45, 2.75) is 65.5 Å². The number of carbonyl (C=O) groups is 1. The van der Waals surface area contributed by atoms with Crippen LogP contribution in [0.4, 0.5) is 10.5 Å².